The number of aromatic nitrogens is 1. The minimum Gasteiger partial charge on any atom is -0.465 e. The van der Waals surface area contributed by atoms with Gasteiger partial charge in [-0.3, -0.25) is 4.90 Å². The van der Waals surface area contributed by atoms with Crippen LogP contribution in [0.5, 0.6) is 0 Å². The molecule has 1 aromatic heterocycles. The molecule has 32 heavy (non-hydrogen) atoms. The number of nitrogens with zero attached hydrogens (tertiary/aromatic N) is 1. The lowest BCUT2D eigenvalue weighted by Crippen LogP contribution is -2.56. The summed E-state index contributed by atoms with van der Waals surface area (Å²) < 4.78 is 16.2. The molecular formula is C24H39N3O5. The zero-order chi connectivity index (χ0) is 23.4. The van der Waals surface area contributed by atoms with Gasteiger partial charge in [0.05, 0.1) is 25.9 Å². The third-order valence-corrected chi connectivity index (χ3v) is 6.50. The Labute approximate surface area is 191 Å². The van der Waals surface area contributed by atoms with Crippen LogP contribution in [0.3, 0.4) is 0 Å². The molecule has 180 valence electrons. The van der Waals surface area contributed by atoms with E-state index in [0.717, 1.165) is 45.7 Å². The first-order valence-electron chi connectivity index (χ1n) is 11.8. The average molecular weight is 450 g/mol. The molecule has 2 fully saturated rings. The molecule has 1 aliphatic heterocycles. The number of carbonyl (C=O) groups excluding carboxylic acids is 2. The Morgan fingerprint density at radius 3 is 2.38 bits per heavy atom. The number of nitrogens with one attached hydrogen (secondary N) is 2. The molecule has 0 radical (unpaired) electrons. The molecule has 2 heterocycles. The fourth-order valence-corrected chi connectivity index (χ4v) is 5.03. The van der Waals surface area contributed by atoms with Crippen LogP contribution in [0.25, 0.3) is 0 Å². The fraction of sp³-hybridized carbons (Fsp3) is 0.750. The Morgan fingerprint density at radius 2 is 1.81 bits per heavy atom. The summed E-state index contributed by atoms with van der Waals surface area (Å²) in [4.78, 5) is 31.2. The fourth-order valence-electron chi connectivity index (χ4n) is 5.03. The summed E-state index contributed by atoms with van der Waals surface area (Å²) in [5.41, 5.74) is 1.60. The zero-order valence-corrected chi connectivity index (χ0v) is 20.3. The molecule has 0 bridgehead atoms. The third-order valence-electron chi connectivity index (χ3n) is 6.50. The van der Waals surface area contributed by atoms with E-state index in [1.807, 2.05) is 27.7 Å². The van der Waals surface area contributed by atoms with Crippen molar-refractivity contribution in [1.82, 2.24) is 15.2 Å². The normalized spacial score (nSPS) is 19.2. The first kappa shape index (κ1) is 24.7. The van der Waals surface area contributed by atoms with Crippen molar-refractivity contribution in [2.75, 3.05) is 40.0 Å². The molecule has 0 atom stereocenters. The zero-order valence-electron chi connectivity index (χ0n) is 20.3. The van der Waals surface area contributed by atoms with Crippen LogP contribution in [-0.4, -0.2) is 72.9 Å². The van der Waals surface area contributed by atoms with E-state index in [-0.39, 0.29) is 5.54 Å². The Hall–Kier alpha value is -1.90. The lowest BCUT2D eigenvalue weighted by Gasteiger charge is -2.43. The molecule has 0 amide bonds. The molecule has 2 N–H and O–H groups in total. The van der Waals surface area contributed by atoms with Crippen molar-refractivity contribution in [2.24, 2.45) is 0 Å². The van der Waals surface area contributed by atoms with E-state index in [1.54, 1.807) is 0 Å². The molecule has 0 aromatic carbocycles. The van der Waals surface area contributed by atoms with Crippen molar-refractivity contribution in [2.45, 2.75) is 77.5 Å². The summed E-state index contributed by atoms with van der Waals surface area (Å²) in [5.74, 6) is -0.889. The van der Waals surface area contributed by atoms with Crippen molar-refractivity contribution < 1.29 is 23.8 Å². The molecule has 1 aromatic rings. The van der Waals surface area contributed by atoms with E-state index in [4.69, 9.17) is 14.2 Å². The third kappa shape index (κ3) is 5.53. The summed E-state index contributed by atoms with van der Waals surface area (Å²) in [6, 6.07) is 0. The molecule has 1 aliphatic carbocycles. The number of H-pyrrole nitrogens is 1. The van der Waals surface area contributed by atoms with Gasteiger partial charge in [0, 0.05) is 37.4 Å². The lowest BCUT2D eigenvalue weighted by atomic mass is 9.94. The molecule has 8 nitrogen and oxygen atoms in total. The minimum absolute atomic E-state index is 0.128. The largest absolute Gasteiger partial charge is 0.465 e. The molecule has 8 heteroatoms. The highest BCUT2D eigenvalue weighted by Gasteiger charge is 2.40. The van der Waals surface area contributed by atoms with Crippen molar-refractivity contribution >= 4 is 11.9 Å². The van der Waals surface area contributed by atoms with Crippen LogP contribution in [-0.2, 0) is 27.2 Å². The average Bonchev–Trinajstić information content (AvgIpc) is 3.38. The van der Waals surface area contributed by atoms with Crippen LogP contribution in [0, 0.1) is 0 Å². The van der Waals surface area contributed by atoms with Gasteiger partial charge in [-0.25, -0.2) is 9.59 Å². The number of rotatable bonds is 8. The summed E-state index contributed by atoms with van der Waals surface area (Å²) in [6.07, 6.45) is 5.32. The Morgan fingerprint density at radius 1 is 1.16 bits per heavy atom. The maximum absolute atomic E-state index is 12.8. The van der Waals surface area contributed by atoms with Crippen molar-refractivity contribution in [3.05, 3.63) is 22.5 Å². The van der Waals surface area contributed by atoms with E-state index in [0.29, 0.717) is 35.5 Å². The SMILES string of the molecule is CCc1c(C(=O)OC(C)(C)C)[nH]c(CNCC2(N3CCOCC3)CCCC2)c1C(=O)OC. The minimum atomic E-state index is -0.621. The van der Waals surface area contributed by atoms with Crippen LogP contribution in [0.15, 0.2) is 0 Å². The summed E-state index contributed by atoms with van der Waals surface area (Å²) in [6.45, 7) is 12.2. The van der Waals surface area contributed by atoms with Gasteiger partial charge in [-0.15, -0.1) is 0 Å². The molecule has 3 rings (SSSR count). The van der Waals surface area contributed by atoms with E-state index in [9.17, 15) is 9.59 Å². The molecule has 0 spiro atoms. The van der Waals surface area contributed by atoms with Gasteiger partial charge in [0.1, 0.15) is 11.3 Å². The van der Waals surface area contributed by atoms with E-state index in [2.05, 4.69) is 15.2 Å². The first-order chi connectivity index (χ1) is 15.2. The van der Waals surface area contributed by atoms with Gasteiger partial charge < -0.3 is 24.5 Å². The monoisotopic (exact) mass is 449 g/mol. The predicted molar refractivity (Wildman–Crippen MR) is 122 cm³/mol. The van der Waals surface area contributed by atoms with Crippen LogP contribution >= 0.6 is 0 Å². The van der Waals surface area contributed by atoms with Gasteiger partial charge >= 0.3 is 11.9 Å². The predicted octanol–water partition coefficient (Wildman–Crippen LogP) is 3.05. The van der Waals surface area contributed by atoms with E-state index in [1.165, 1.54) is 20.0 Å². The van der Waals surface area contributed by atoms with Crippen LogP contribution in [0.2, 0.25) is 0 Å². The number of morpholine rings is 1. The van der Waals surface area contributed by atoms with E-state index >= 15 is 0 Å². The molecular weight excluding hydrogens is 410 g/mol. The first-order valence-corrected chi connectivity index (χ1v) is 11.8. The highest BCUT2D eigenvalue weighted by Crippen LogP contribution is 2.35. The van der Waals surface area contributed by atoms with Crippen molar-refractivity contribution in [1.29, 1.82) is 0 Å². The lowest BCUT2D eigenvalue weighted by molar-refractivity contribution is -0.0205. The summed E-state index contributed by atoms with van der Waals surface area (Å²) in [7, 11) is 1.37. The maximum Gasteiger partial charge on any atom is 0.355 e. The topological polar surface area (TPSA) is 92.9 Å². The molecule has 1 saturated carbocycles. The van der Waals surface area contributed by atoms with Crippen molar-refractivity contribution in [3.8, 4) is 0 Å². The van der Waals surface area contributed by atoms with Gasteiger partial charge in [-0.2, -0.15) is 0 Å². The number of hydrogen-bond donors (Lipinski definition) is 2. The Balaban J connectivity index is 1.80. The molecule has 2 aliphatic rings. The number of aromatic amines is 1. The second-order valence-electron chi connectivity index (χ2n) is 9.81. The van der Waals surface area contributed by atoms with Crippen LogP contribution < -0.4 is 5.32 Å². The number of ether oxygens (including phenoxy) is 3. The summed E-state index contributed by atoms with van der Waals surface area (Å²) in [5, 5.41) is 3.58. The van der Waals surface area contributed by atoms with Gasteiger partial charge in [-0.05, 0) is 45.6 Å². The quantitative estimate of drug-likeness (QED) is 0.589. The Kier molecular flexibility index (Phi) is 8.01. The molecule has 0 unspecified atom stereocenters. The molecule has 1 saturated heterocycles. The van der Waals surface area contributed by atoms with Crippen LogP contribution in [0.4, 0.5) is 0 Å². The van der Waals surface area contributed by atoms with Gasteiger partial charge in [-0.1, -0.05) is 19.8 Å². The maximum atomic E-state index is 12.8. The highest BCUT2D eigenvalue weighted by molar-refractivity contribution is 5.98. The standard InChI is InChI=1S/C24H39N3O5/c1-6-17-19(21(28)30-5)18(26-20(17)22(29)32-23(2,3)4)15-25-16-24(9-7-8-10-24)27-11-13-31-14-12-27/h25-26H,6-16H2,1-5H3. The number of hydrogen-bond acceptors (Lipinski definition) is 7. The number of methoxy groups -OCH3 is 1. The highest BCUT2D eigenvalue weighted by atomic mass is 16.6. The number of carbonyl (C=O) groups is 2. The number of esters is 2. The van der Waals surface area contributed by atoms with E-state index < -0.39 is 17.5 Å². The van der Waals surface area contributed by atoms with Gasteiger partial charge in [0.25, 0.3) is 0 Å². The van der Waals surface area contributed by atoms with Gasteiger partial charge in [0.15, 0.2) is 0 Å². The van der Waals surface area contributed by atoms with Crippen LogP contribution in [0.1, 0.15) is 85.5 Å². The van der Waals surface area contributed by atoms with Gasteiger partial charge in [0.2, 0.25) is 0 Å². The second-order valence-corrected chi connectivity index (χ2v) is 9.81. The summed E-state index contributed by atoms with van der Waals surface area (Å²) >= 11 is 0. The Bertz CT molecular complexity index is 799. The van der Waals surface area contributed by atoms with Crippen molar-refractivity contribution in [3.63, 3.8) is 0 Å². The second kappa shape index (κ2) is 10.4. The smallest absolute Gasteiger partial charge is 0.355 e.